The summed E-state index contributed by atoms with van der Waals surface area (Å²) in [5.41, 5.74) is 4.44. The number of hydrogen-bond donors (Lipinski definition) is 2. The monoisotopic (exact) mass is 181 g/mol. The maximum absolute atomic E-state index is 5.35. The van der Waals surface area contributed by atoms with Crippen LogP contribution in [0.5, 0.6) is 0 Å². The quantitative estimate of drug-likeness (QED) is 0.291. The van der Waals surface area contributed by atoms with Gasteiger partial charge in [-0.2, -0.15) is 5.10 Å². The van der Waals surface area contributed by atoms with Gasteiger partial charge in [0.25, 0.3) is 0 Å². The lowest BCUT2D eigenvalue weighted by Gasteiger charge is -2.02. The van der Waals surface area contributed by atoms with Crippen LogP contribution in [0.2, 0.25) is 0 Å². The van der Waals surface area contributed by atoms with Crippen LogP contribution in [0.3, 0.4) is 0 Å². The van der Waals surface area contributed by atoms with Crippen LogP contribution in [0.25, 0.3) is 0 Å². The molecule has 0 fully saturated rings. The van der Waals surface area contributed by atoms with E-state index in [2.05, 4.69) is 15.5 Å². The third-order valence-corrected chi connectivity index (χ3v) is 1.72. The number of nitrogens with two attached hydrogens (primary N) is 1. The first-order valence-electron chi connectivity index (χ1n) is 4.20. The summed E-state index contributed by atoms with van der Waals surface area (Å²) in [4.78, 5) is 4.21. The third-order valence-electron chi connectivity index (χ3n) is 1.72. The molecule has 0 atom stereocenters. The van der Waals surface area contributed by atoms with Crippen molar-refractivity contribution in [3.63, 3.8) is 0 Å². The molecule has 13 heavy (non-hydrogen) atoms. The van der Waals surface area contributed by atoms with Gasteiger partial charge in [-0.1, -0.05) is 0 Å². The van der Waals surface area contributed by atoms with E-state index in [1.54, 1.807) is 4.68 Å². The van der Waals surface area contributed by atoms with Gasteiger partial charge in [-0.3, -0.25) is 9.67 Å². The summed E-state index contributed by atoms with van der Waals surface area (Å²) < 4.78 is 1.74. The Morgan fingerprint density at radius 3 is 2.85 bits per heavy atom. The standard InChI is InChI=1S/C8H15N5/c1-4-10-8(11-9)7-5-13(3)12-6(7)2/h5H,4,9H2,1-3H3,(H,10,11). The fraction of sp³-hybridized carbons (Fsp3) is 0.500. The van der Waals surface area contributed by atoms with E-state index in [9.17, 15) is 0 Å². The molecule has 1 rings (SSSR count). The zero-order valence-corrected chi connectivity index (χ0v) is 8.20. The highest BCUT2D eigenvalue weighted by atomic mass is 15.3. The van der Waals surface area contributed by atoms with Crippen molar-refractivity contribution in [1.82, 2.24) is 15.2 Å². The summed E-state index contributed by atoms with van der Waals surface area (Å²) in [5, 5.41) is 4.20. The van der Waals surface area contributed by atoms with Gasteiger partial charge in [-0.05, 0) is 13.8 Å². The first-order valence-corrected chi connectivity index (χ1v) is 4.20. The second-order valence-electron chi connectivity index (χ2n) is 2.77. The van der Waals surface area contributed by atoms with E-state index in [1.807, 2.05) is 27.1 Å². The molecule has 3 N–H and O–H groups in total. The van der Waals surface area contributed by atoms with Gasteiger partial charge in [0.2, 0.25) is 0 Å². The predicted octanol–water partition coefficient (Wildman–Crippen LogP) is -0.0417. The molecular weight excluding hydrogens is 166 g/mol. The molecule has 1 aromatic rings. The van der Waals surface area contributed by atoms with Gasteiger partial charge in [0.05, 0.1) is 11.3 Å². The Morgan fingerprint density at radius 2 is 2.46 bits per heavy atom. The first-order chi connectivity index (χ1) is 6.19. The molecule has 0 radical (unpaired) electrons. The molecule has 0 aliphatic rings. The van der Waals surface area contributed by atoms with Gasteiger partial charge >= 0.3 is 0 Å². The Balaban J connectivity index is 3.04. The van der Waals surface area contributed by atoms with Crippen LogP contribution in [-0.2, 0) is 7.05 Å². The van der Waals surface area contributed by atoms with Gasteiger partial charge in [-0.15, -0.1) is 0 Å². The second-order valence-corrected chi connectivity index (χ2v) is 2.77. The SMILES string of the molecule is CCN=C(NN)c1cn(C)nc1C. The molecule has 0 bridgehead atoms. The summed E-state index contributed by atoms with van der Waals surface area (Å²) in [6.07, 6.45) is 1.89. The van der Waals surface area contributed by atoms with Crippen molar-refractivity contribution in [3.8, 4) is 0 Å². The van der Waals surface area contributed by atoms with Crippen LogP contribution in [-0.4, -0.2) is 22.2 Å². The topological polar surface area (TPSA) is 68.2 Å². The highest BCUT2D eigenvalue weighted by Crippen LogP contribution is 2.04. The van der Waals surface area contributed by atoms with Crippen molar-refractivity contribution < 1.29 is 0 Å². The Morgan fingerprint density at radius 1 is 1.77 bits per heavy atom. The predicted molar refractivity (Wildman–Crippen MR) is 52.3 cm³/mol. The van der Waals surface area contributed by atoms with Crippen molar-refractivity contribution in [2.75, 3.05) is 6.54 Å². The molecule has 0 aliphatic carbocycles. The lowest BCUT2D eigenvalue weighted by atomic mass is 10.2. The molecule has 0 amide bonds. The number of hydrogen-bond acceptors (Lipinski definition) is 3. The van der Waals surface area contributed by atoms with E-state index in [1.165, 1.54) is 0 Å². The van der Waals surface area contributed by atoms with Gasteiger partial charge in [0, 0.05) is 19.8 Å². The molecule has 0 saturated carbocycles. The highest BCUT2D eigenvalue weighted by molar-refractivity contribution is 5.99. The number of aryl methyl sites for hydroxylation is 2. The smallest absolute Gasteiger partial charge is 0.145 e. The molecule has 1 heterocycles. The summed E-state index contributed by atoms with van der Waals surface area (Å²) in [5.74, 6) is 6.04. The number of amidine groups is 1. The maximum Gasteiger partial charge on any atom is 0.145 e. The summed E-state index contributed by atoms with van der Waals surface area (Å²) in [7, 11) is 1.87. The number of nitrogens with one attached hydrogen (secondary N) is 1. The van der Waals surface area contributed by atoms with E-state index in [0.29, 0.717) is 12.4 Å². The largest absolute Gasteiger partial charge is 0.308 e. The minimum absolute atomic E-state index is 0.688. The average molecular weight is 181 g/mol. The molecule has 1 aromatic heterocycles. The zero-order chi connectivity index (χ0) is 9.84. The van der Waals surface area contributed by atoms with Crippen molar-refractivity contribution in [1.29, 1.82) is 0 Å². The van der Waals surface area contributed by atoms with Gasteiger partial charge in [0.15, 0.2) is 0 Å². The van der Waals surface area contributed by atoms with Crippen LogP contribution in [0.15, 0.2) is 11.2 Å². The maximum atomic E-state index is 5.35. The fourth-order valence-electron chi connectivity index (χ4n) is 1.20. The zero-order valence-electron chi connectivity index (χ0n) is 8.20. The van der Waals surface area contributed by atoms with E-state index < -0.39 is 0 Å². The minimum Gasteiger partial charge on any atom is -0.308 e. The molecule has 0 spiro atoms. The van der Waals surface area contributed by atoms with Crippen molar-refractivity contribution >= 4 is 5.84 Å². The molecule has 0 aromatic carbocycles. The highest BCUT2D eigenvalue weighted by Gasteiger charge is 2.08. The van der Waals surface area contributed by atoms with Crippen LogP contribution < -0.4 is 11.3 Å². The van der Waals surface area contributed by atoms with E-state index in [0.717, 1.165) is 11.3 Å². The molecular formula is C8H15N5. The lowest BCUT2D eigenvalue weighted by Crippen LogP contribution is -2.31. The van der Waals surface area contributed by atoms with Gasteiger partial charge in [0.1, 0.15) is 5.84 Å². The molecule has 0 saturated heterocycles. The molecule has 72 valence electrons. The van der Waals surface area contributed by atoms with Crippen LogP contribution >= 0.6 is 0 Å². The summed E-state index contributed by atoms with van der Waals surface area (Å²) in [6, 6.07) is 0. The van der Waals surface area contributed by atoms with Gasteiger partial charge in [-0.25, -0.2) is 5.84 Å². The van der Waals surface area contributed by atoms with Crippen molar-refractivity contribution in [2.24, 2.45) is 17.9 Å². The van der Waals surface area contributed by atoms with Crippen molar-refractivity contribution in [3.05, 3.63) is 17.5 Å². The Hall–Kier alpha value is -1.36. The Bertz CT molecular complexity index is 312. The van der Waals surface area contributed by atoms with E-state index in [-0.39, 0.29) is 0 Å². The Kier molecular flexibility index (Phi) is 3.02. The van der Waals surface area contributed by atoms with E-state index in [4.69, 9.17) is 5.84 Å². The summed E-state index contributed by atoms with van der Waals surface area (Å²) in [6.45, 7) is 4.59. The number of aliphatic imine (C=N–C) groups is 1. The number of rotatable bonds is 2. The van der Waals surface area contributed by atoms with Crippen LogP contribution in [0.4, 0.5) is 0 Å². The number of aromatic nitrogens is 2. The Labute approximate surface area is 77.6 Å². The fourth-order valence-corrected chi connectivity index (χ4v) is 1.20. The summed E-state index contributed by atoms with van der Waals surface area (Å²) >= 11 is 0. The number of nitrogens with zero attached hydrogens (tertiary/aromatic N) is 3. The molecule has 0 unspecified atom stereocenters. The molecule has 0 aliphatic heterocycles. The minimum atomic E-state index is 0.688. The number of hydrazine groups is 1. The molecule has 5 nitrogen and oxygen atoms in total. The normalized spacial score (nSPS) is 11.8. The first kappa shape index (κ1) is 9.73. The third kappa shape index (κ3) is 2.06. The van der Waals surface area contributed by atoms with Gasteiger partial charge < -0.3 is 5.43 Å². The molecule has 5 heteroatoms. The van der Waals surface area contributed by atoms with Crippen LogP contribution in [0, 0.1) is 6.92 Å². The van der Waals surface area contributed by atoms with Crippen LogP contribution in [0.1, 0.15) is 18.2 Å². The lowest BCUT2D eigenvalue weighted by molar-refractivity contribution is 0.756. The second kappa shape index (κ2) is 4.04. The average Bonchev–Trinajstić information content (AvgIpc) is 2.41. The van der Waals surface area contributed by atoms with Crippen molar-refractivity contribution in [2.45, 2.75) is 13.8 Å². The van der Waals surface area contributed by atoms with E-state index >= 15 is 0 Å².